The molecular formula is C21H32N4O3. The van der Waals surface area contributed by atoms with Crippen molar-refractivity contribution in [2.75, 3.05) is 31.1 Å². The molecule has 7 heteroatoms. The van der Waals surface area contributed by atoms with Crippen LogP contribution in [-0.2, 0) is 16.1 Å². The van der Waals surface area contributed by atoms with E-state index in [4.69, 9.17) is 4.74 Å². The SMILES string of the molecule is CC(C)(C)OC(=O)N1CCC(C(=O)NCc2ccc(N3CCCC3)nc2)CC1. The van der Waals surface area contributed by atoms with E-state index in [0.717, 1.165) is 24.5 Å². The maximum Gasteiger partial charge on any atom is 0.410 e. The topological polar surface area (TPSA) is 74.8 Å². The smallest absolute Gasteiger partial charge is 0.410 e. The van der Waals surface area contributed by atoms with Gasteiger partial charge in [0.1, 0.15) is 11.4 Å². The highest BCUT2D eigenvalue weighted by atomic mass is 16.6. The Kier molecular flexibility index (Phi) is 6.42. The molecule has 0 aliphatic carbocycles. The first-order chi connectivity index (χ1) is 13.3. The maximum atomic E-state index is 12.5. The summed E-state index contributed by atoms with van der Waals surface area (Å²) in [6.45, 7) is 9.32. The van der Waals surface area contributed by atoms with Crippen molar-refractivity contribution in [1.82, 2.24) is 15.2 Å². The Hall–Kier alpha value is -2.31. The molecule has 7 nitrogen and oxygen atoms in total. The molecule has 1 aromatic rings. The number of nitrogens with zero attached hydrogens (tertiary/aromatic N) is 3. The normalized spacial score (nSPS) is 18.2. The van der Waals surface area contributed by atoms with Gasteiger partial charge in [-0.3, -0.25) is 4.79 Å². The molecule has 0 radical (unpaired) electrons. The summed E-state index contributed by atoms with van der Waals surface area (Å²) in [5, 5.41) is 3.01. The van der Waals surface area contributed by atoms with Crippen LogP contribution in [0.4, 0.5) is 10.6 Å². The fraction of sp³-hybridized carbons (Fsp3) is 0.667. The quantitative estimate of drug-likeness (QED) is 0.858. The third kappa shape index (κ3) is 5.59. The van der Waals surface area contributed by atoms with Gasteiger partial charge in [0, 0.05) is 44.8 Å². The van der Waals surface area contributed by atoms with Crippen LogP contribution in [0.1, 0.15) is 52.0 Å². The highest BCUT2D eigenvalue weighted by Gasteiger charge is 2.29. The number of carbonyl (C=O) groups excluding carboxylic acids is 2. The minimum absolute atomic E-state index is 0.0486. The summed E-state index contributed by atoms with van der Waals surface area (Å²) in [6, 6.07) is 4.07. The Morgan fingerprint density at radius 3 is 2.39 bits per heavy atom. The molecule has 28 heavy (non-hydrogen) atoms. The van der Waals surface area contributed by atoms with Gasteiger partial charge < -0.3 is 19.9 Å². The van der Waals surface area contributed by atoms with E-state index in [1.54, 1.807) is 4.90 Å². The van der Waals surface area contributed by atoms with E-state index in [0.29, 0.717) is 32.5 Å². The van der Waals surface area contributed by atoms with Crippen LogP contribution < -0.4 is 10.2 Å². The zero-order valence-corrected chi connectivity index (χ0v) is 17.2. The van der Waals surface area contributed by atoms with Gasteiger partial charge in [-0.05, 0) is 58.1 Å². The van der Waals surface area contributed by atoms with Crippen LogP contribution in [0.2, 0.25) is 0 Å². The number of hydrogen-bond acceptors (Lipinski definition) is 5. The molecule has 0 bridgehead atoms. The summed E-state index contributed by atoms with van der Waals surface area (Å²) < 4.78 is 5.40. The first-order valence-electron chi connectivity index (χ1n) is 10.3. The molecule has 1 aromatic heterocycles. The van der Waals surface area contributed by atoms with Crippen molar-refractivity contribution >= 4 is 17.8 Å². The van der Waals surface area contributed by atoms with E-state index in [1.807, 2.05) is 39.1 Å². The summed E-state index contributed by atoms with van der Waals surface area (Å²) in [4.78, 5) is 33.1. The monoisotopic (exact) mass is 388 g/mol. The second-order valence-electron chi connectivity index (χ2n) is 8.68. The molecule has 0 aromatic carbocycles. The number of piperidine rings is 1. The number of carbonyl (C=O) groups is 2. The number of ether oxygens (including phenoxy) is 1. The van der Waals surface area contributed by atoms with E-state index in [2.05, 4.69) is 15.2 Å². The Balaban J connectivity index is 1.41. The van der Waals surface area contributed by atoms with Gasteiger partial charge in [0.2, 0.25) is 5.91 Å². The Labute approximate surface area is 167 Å². The highest BCUT2D eigenvalue weighted by Crippen LogP contribution is 2.20. The number of amides is 2. The first-order valence-corrected chi connectivity index (χ1v) is 10.3. The van der Waals surface area contributed by atoms with E-state index in [1.165, 1.54) is 12.8 Å². The van der Waals surface area contributed by atoms with E-state index in [9.17, 15) is 9.59 Å². The number of pyridine rings is 1. The molecule has 0 atom stereocenters. The van der Waals surface area contributed by atoms with Crippen LogP contribution in [0.15, 0.2) is 18.3 Å². The average molecular weight is 389 g/mol. The van der Waals surface area contributed by atoms with Gasteiger partial charge in [-0.1, -0.05) is 6.07 Å². The summed E-state index contributed by atoms with van der Waals surface area (Å²) in [7, 11) is 0. The van der Waals surface area contributed by atoms with E-state index >= 15 is 0 Å². The molecule has 2 aliphatic rings. The lowest BCUT2D eigenvalue weighted by Crippen LogP contribution is -2.44. The summed E-state index contributed by atoms with van der Waals surface area (Å²) in [5.74, 6) is 1.00. The summed E-state index contributed by atoms with van der Waals surface area (Å²) >= 11 is 0. The maximum absolute atomic E-state index is 12.5. The standard InChI is InChI=1S/C21H32N4O3/c1-21(2,3)28-20(27)25-12-8-17(9-13-25)19(26)23-15-16-6-7-18(22-14-16)24-10-4-5-11-24/h6-7,14,17H,4-5,8-13,15H2,1-3H3,(H,23,26). The van der Waals surface area contributed by atoms with Crippen LogP contribution in [0.5, 0.6) is 0 Å². The molecule has 3 rings (SSSR count). The van der Waals surface area contributed by atoms with Crippen molar-refractivity contribution in [2.45, 2.75) is 58.6 Å². The van der Waals surface area contributed by atoms with Crippen molar-refractivity contribution in [2.24, 2.45) is 5.92 Å². The molecule has 3 heterocycles. The minimum Gasteiger partial charge on any atom is -0.444 e. The molecule has 0 spiro atoms. The third-order valence-corrected chi connectivity index (χ3v) is 5.22. The molecule has 2 fully saturated rings. The van der Waals surface area contributed by atoms with Crippen molar-refractivity contribution in [3.05, 3.63) is 23.9 Å². The Morgan fingerprint density at radius 2 is 1.82 bits per heavy atom. The largest absolute Gasteiger partial charge is 0.444 e. The molecule has 2 aliphatic heterocycles. The molecule has 2 saturated heterocycles. The van der Waals surface area contributed by atoms with Crippen molar-refractivity contribution < 1.29 is 14.3 Å². The predicted octanol–water partition coefficient (Wildman–Crippen LogP) is 2.95. The zero-order chi connectivity index (χ0) is 20.1. The number of likely N-dealkylation sites (tertiary alicyclic amines) is 1. The average Bonchev–Trinajstić information content (AvgIpc) is 3.20. The van der Waals surface area contributed by atoms with Gasteiger partial charge in [-0.25, -0.2) is 9.78 Å². The lowest BCUT2D eigenvalue weighted by atomic mass is 9.96. The van der Waals surface area contributed by atoms with Gasteiger partial charge in [0.05, 0.1) is 0 Å². The van der Waals surface area contributed by atoms with Crippen LogP contribution in [0.3, 0.4) is 0 Å². The first kappa shape index (κ1) is 20.4. The van der Waals surface area contributed by atoms with E-state index < -0.39 is 5.60 Å². The summed E-state index contributed by atoms with van der Waals surface area (Å²) in [6.07, 6.45) is 5.34. The lowest BCUT2D eigenvalue weighted by Gasteiger charge is -2.32. The number of rotatable bonds is 4. The van der Waals surface area contributed by atoms with Crippen LogP contribution in [0, 0.1) is 5.92 Å². The summed E-state index contributed by atoms with van der Waals surface area (Å²) in [5.41, 5.74) is 0.506. The van der Waals surface area contributed by atoms with E-state index in [-0.39, 0.29) is 17.9 Å². The van der Waals surface area contributed by atoms with Gasteiger partial charge >= 0.3 is 6.09 Å². The molecule has 0 unspecified atom stereocenters. The number of aromatic nitrogens is 1. The minimum atomic E-state index is -0.496. The van der Waals surface area contributed by atoms with Gasteiger partial charge in [-0.2, -0.15) is 0 Å². The zero-order valence-electron chi connectivity index (χ0n) is 17.2. The van der Waals surface area contributed by atoms with Gasteiger partial charge in [-0.15, -0.1) is 0 Å². The lowest BCUT2D eigenvalue weighted by molar-refractivity contribution is -0.126. The second-order valence-corrected chi connectivity index (χ2v) is 8.68. The Morgan fingerprint density at radius 1 is 1.14 bits per heavy atom. The number of hydrogen-bond donors (Lipinski definition) is 1. The van der Waals surface area contributed by atoms with Crippen molar-refractivity contribution in [3.8, 4) is 0 Å². The predicted molar refractivity (Wildman–Crippen MR) is 108 cm³/mol. The fourth-order valence-corrected chi connectivity index (χ4v) is 3.64. The molecular weight excluding hydrogens is 356 g/mol. The van der Waals surface area contributed by atoms with Gasteiger partial charge in [0.25, 0.3) is 0 Å². The highest BCUT2D eigenvalue weighted by molar-refractivity contribution is 5.79. The fourth-order valence-electron chi connectivity index (χ4n) is 3.64. The third-order valence-electron chi connectivity index (χ3n) is 5.22. The van der Waals surface area contributed by atoms with Crippen molar-refractivity contribution in [1.29, 1.82) is 0 Å². The van der Waals surface area contributed by atoms with Gasteiger partial charge in [0.15, 0.2) is 0 Å². The van der Waals surface area contributed by atoms with Crippen LogP contribution in [-0.4, -0.2) is 53.7 Å². The number of nitrogens with one attached hydrogen (secondary N) is 1. The van der Waals surface area contributed by atoms with Crippen LogP contribution >= 0.6 is 0 Å². The molecule has 154 valence electrons. The number of anilines is 1. The Bertz CT molecular complexity index is 670. The molecule has 1 N–H and O–H groups in total. The molecule has 0 saturated carbocycles. The van der Waals surface area contributed by atoms with Crippen molar-refractivity contribution in [3.63, 3.8) is 0 Å². The second kappa shape index (κ2) is 8.80. The molecule has 2 amide bonds. The van der Waals surface area contributed by atoms with Crippen LogP contribution in [0.25, 0.3) is 0 Å².